The van der Waals surface area contributed by atoms with Crippen LogP contribution in [0.2, 0.25) is 0 Å². The standard InChI is InChI=1S/C15H12F3N5O/c16-15(17,18)24-13-9-5-4-6-11(13)10-19-14-20-21-22-23(14)12-7-2-1-3-8-12/h1-9H,10H2,(H,19,20,22). The van der Waals surface area contributed by atoms with Gasteiger partial charge in [0.05, 0.1) is 5.69 Å². The Morgan fingerprint density at radius 1 is 1.00 bits per heavy atom. The van der Waals surface area contributed by atoms with Crippen LogP contribution in [0.1, 0.15) is 5.56 Å². The van der Waals surface area contributed by atoms with Crippen molar-refractivity contribution in [1.29, 1.82) is 0 Å². The number of benzene rings is 2. The van der Waals surface area contributed by atoms with Gasteiger partial charge >= 0.3 is 6.36 Å². The zero-order chi connectivity index (χ0) is 17.0. The van der Waals surface area contributed by atoms with Gasteiger partial charge in [0.1, 0.15) is 5.75 Å². The Morgan fingerprint density at radius 3 is 2.46 bits per heavy atom. The van der Waals surface area contributed by atoms with E-state index in [1.165, 1.54) is 22.9 Å². The molecule has 0 fully saturated rings. The van der Waals surface area contributed by atoms with Crippen molar-refractivity contribution in [1.82, 2.24) is 20.2 Å². The molecule has 0 amide bonds. The summed E-state index contributed by atoms with van der Waals surface area (Å²) < 4.78 is 42.8. The summed E-state index contributed by atoms with van der Waals surface area (Å²) in [6.45, 7) is 0.0689. The highest BCUT2D eigenvalue weighted by Gasteiger charge is 2.31. The fourth-order valence-corrected chi connectivity index (χ4v) is 2.09. The van der Waals surface area contributed by atoms with E-state index in [0.717, 1.165) is 5.69 Å². The highest BCUT2D eigenvalue weighted by atomic mass is 19.4. The van der Waals surface area contributed by atoms with E-state index >= 15 is 0 Å². The molecule has 2 aromatic carbocycles. The number of rotatable bonds is 5. The van der Waals surface area contributed by atoms with Gasteiger partial charge in [-0.25, -0.2) is 0 Å². The molecule has 1 N–H and O–H groups in total. The SMILES string of the molecule is FC(F)(F)Oc1ccccc1CNc1nnnn1-c1ccccc1. The van der Waals surface area contributed by atoms with Crippen molar-refractivity contribution in [3.8, 4) is 11.4 Å². The van der Waals surface area contributed by atoms with Crippen LogP contribution in [0.3, 0.4) is 0 Å². The van der Waals surface area contributed by atoms with Crippen molar-refractivity contribution in [2.45, 2.75) is 12.9 Å². The van der Waals surface area contributed by atoms with Gasteiger partial charge in [-0.15, -0.1) is 13.2 Å². The average Bonchev–Trinajstić information content (AvgIpc) is 3.02. The molecule has 0 saturated carbocycles. The van der Waals surface area contributed by atoms with Gasteiger partial charge in [-0.3, -0.25) is 0 Å². The summed E-state index contributed by atoms with van der Waals surface area (Å²) in [5.74, 6) is 0.0410. The number of aromatic nitrogens is 4. The average molecular weight is 335 g/mol. The van der Waals surface area contributed by atoms with E-state index in [1.807, 2.05) is 30.3 Å². The van der Waals surface area contributed by atoms with Gasteiger partial charge in [0.25, 0.3) is 0 Å². The Bertz CT molecular complexity index is 804. The van der Waals surface area contributed by atoms with Gasteiger partial charge in [-0.1, -0.05) is 41.5 Å². The molecule has 0 aliphatic heterocycles. The summed E-state index contributed by atoms with van der Waals surface area (Å²) in [4.78, 5) is 0. The van der Waals surface area contributed by atoms with Gasteiger partial charge in [0.2, 0.25) is 5.95 Å². The number of halogens is 3. The van der Waals surface area contributed by atoms with Crippen LogP contribution in [-0.4, -0.2) is 26.6 Å². The molecule has 0 bridgehead atoms. The fraction of sp³-hybridized carbons (Fsp3) is 0.133. The number of hydrogen-bond donors (Lipinski definition) is 1. The number of nitrogens with one attached hydrogen (secondary N) is 1. The molecule has 24 heavy (non-hydrogen) atoms. The number of alkyl halides is 3. The van der Waals surface area contributed by atoms with E-state index in [1.54, 1.807) is 6.07 Å². The molecule has 0 spiro atoms. The number of para-hydroxylation sites is 2. The number of hydrogen-bond acceptors (Lipinski definition) is 5. The van der Waals surface area contributed by atoms with Crippen molar-refractivity contribution in [3.05, 3.63) is 60.2 Å². The molecule has 0 unspecified atom stereocenters. The largest absolute Gasteiger partial charge is 0.573 e. The summed E-state index contributed by atoms with van der Waals surface area (Å²) in [6.07, 6.45) is -4.75. The zero-order valence-corrected chi connectivity index (χ0v) is 12.2. The van der Waals surface area contributed by atoms with E-state index < -0.39 is 6.36 Å². The second-order valence-corrected chi connectivity index (χ2v) is 4.76. The monoisotopic (exact) mass is 335 g/mol. The molecule has 0 aliphatic carbocycles. The molecule has 124 valence electrons. The smallest absolute Gasteiger partial charge is 0.405 e. The molecule has 0 aliphatic rings. The van der Waals surface area contributed by atoms with E-state index in [2.05, 4.69) is 25.6 Å². The van der Waals surface area contributed by atoms with Crippen LogP contribution in [0.4, 0.5) is 19.1 Å². The molecule has 0 saturated heterocycles. The molecule has 1 heterocycles. The first-order valence-corrected chi connectivity index (χ1v) is 6.94. The topological polar surface area (TPSA) is 64.9 Å². The van der Waals surface area contributed by atoms with Gasteiger partial charge < -0.3 is 10.1 Å². The Morgan fingerprint density at radius 2 is 1.71 bits per heavy atom. The highest BCUT2D eigenvalue weighted by Crippen LogP contribution is 2.26. The minimum Gasteiger partial charge on any atom is -0.405 e. The van der Waals surface area contributed by atoms with E-state index in [4.69, 9.17) is 0 Å². The second-order valence-electron chi connectivity index (χ2n) is 4.76. The zero-order valence-electron chi connectivity index (χ0n) is 12.2. The lowest BCUT2D eigenvalue weighted by Gasteiger charge is -2.13. The maximum Gasteiger partial charge on any atom is 0.573 e. The number of ether oxygens (including phenoxy) is 1. The first kappa shape index (κ1) is 15.8. The van der Waals surface area contributed by atoms with Crippen LogP contribution < -0.4 is 10.1 Å². The van der Waals surface area contributed by atoms with Crippen molar-refractivity contribution in [2.24, 2.45) is 0 Å². The molecule has 9 heteroatoms. The van der Waals surface area contributed by atoms with Crippen LogP contribution >= 0.6 is 0 Å². The van der Waals surface area contributed by atoms with Gasteiger partial charge in [0, 0.05) is 12.1 Å². The van der Waals surface area contributed by atoms with Crippen LogP contribution in [0.5, 0.6) is 5.75 Å². The number of tetrazole rings is 1. The predicted molar refractivity (Wildman–Crippen MR) is 79.6 cm³/mol. The maximum atomic E-state index is 12.4. The number of nitrogens with zero attached hydrogens (tertiary/aromatic N) is 4. The lowest BCUT2D eigenvalue weighted by atomic mass is 10.2. The molecular formula is C15H12F3N5O. The minimum atomic E-state index is -4.75. The highest BCUT2D eigenvalue weighted by molar-refractivity contribution is 5.41. The first-order valence-electron chi connectivity index (χ1n) is 6.94. The van der Waals surface area contributed by atoms with Crippen molar-refractivity contribution >= 4 is 5.95 Å². The molecule has 1 aromatic heterocycles. The molecule has 3 rings (SSSR count). The minimum absolute atomic E-state index is 0.0689. The first-order chi connectivity index (χ1) is 11.5. The summed E-state index contributed by atoms with van der Waals surface area (Å²) >= 11 is 0. The van der Waals surface area contributed by atoms with E-state index in [0.29, 0.717) is 11.5 Å². The van der Waals surface area contributed by atoms with Crippen LogP contribution in [0, 0.1) is 0 Å². The van der Waals surface area contributed by atoms with Crippen molar-refractivity contribution in [2.75, 3.05) is 5.32 Å². The lowest BCUT2D eigenvalue weighted by molar-refractivity contribution is -0.274. The second kappa shape index (κ2) is 6.57. The Hall–Kier alpha value is -3.10. The lowest BCUT2D eigenvalue weighted by Crippen LogP contribution is -2.18. The van der Waals surface area contributed by atoms with E-state index in [9.17, 15) is 13.2 Å². The summed E-state index contributed by atoms with van der Waals surface area (Å²) in [7, 11) is 0. The van der Waals surface area contributed by atoms with Gasteiger partial charge in [-0.05, 0) is 28.6 Å². The number of anilines is 1. The van der Waals surface area contributed by atoms with Crippen LogP contribution in [-0.2, 0) is 6.54 Å². The molecule has 6 nitrogen and oxygen atoms in total. The van der Waals surface area contributed by atoms with E-state index in [-0.39, 0.29) is 12.3 Å². The molecule has 0 atom stereocenters. The molecular weight excluding hydrogens is 323 g/mol. The Balaban J connectivity index is 1.77. The quantitative estimate of drug-likeness (QED) is 0.776. The molecule has 3 aromatic rings. The van der Waals surface area contributed by atoms with Crippen LogP contribution in [0.25, 0.3) is 5.69 Å². The third-order valence-corrected chi connectivity index (χ3v) is 3.11. The summed E-state index contributed by atoms with van der Waals surface area (Å²) in [5.41, 5.74) is 1.06. The van der Waals surface area contributed by atoms with Crippen molar-refractivity contribution < 1.29 is 17.9 Å². The fourth-order valence-electron chi connectivity index (χ4n) is 2.09. The predicted octanol–water partition coefficient (Wildman–Crippen LogP) is 3.17. The molecule has 0 radical (unpaired) electrons. The summed E-state index contributed by atoms with van der Waals surface area (Å²) in [6, 6.07) is 15.0. The van der Waals surface area contributed by atoms with Crippen LogP contribution in [0.15, 0.2) is 54.6 Å². The summed E-state index contributed by atoms with van der Waals surface area (Å²) in [5, 5.41) is 14.2. The van der Waals surface area contributed by atoms with Crippen molar-refractivity contribution in [3.63, 3.8) is 0 Å². The Kier molecular flexibility index (Phi) is 4.32. The maximum absolute atomic E-state index is 12.4. The third kappa shape index (κ3) is 3.80. The van der Waals surface area contributed by atoms with Gasteiger partial charge in [0.15, 0.2) is 0 Å². The van der Waals surface area contributed by atoms with Gasteiger partial charge in [-0.2, -0.15) is 4.68 Å². The normalized spacial score (nSPS) is 11.3. The Labute approximate surface area is 134 Å². The third-order valence-electron chi connectivity index (χ3n) is 3.11.